The molecular weight excluding hydrogens is 242 g/mol. The van der Waals surface area contributed by atoms with Crippen molar-refractivity contribution in [3.8, 4) is 5.75 Å². The van der Waals surface area contributed by atoms with Crippen LogP contribution in [0.25, 0.3) is 0 Å². The highest BCUT2D eigenvalue weighted by Crippen LogP contribution is 2.11. The van der Waals surface area contributed by atoms with Gasteiger partial charge >= 0.3 is 0 Å². The molecule has 0 saturated heterocycles. The molecule has 0 radical (unpaired) electrons. The number of hydrogen-bond donors (Lipinski definition) is 2. The van der Waals surface area contributed by atoms with Gasteiger partial charge in [0.05, 0.1) is 18.8 Å². The van der Waals surface area contributed by atoms with Gasteiger partial charge in [-0.25, -0.2) is 0 Å². The van der Waals surface area contributed by atoms with Crippen molar-refractivity contribution in [2.45, 2.75) is 33.0 Å². The molecule has 0 saturated carbocycles. The van der Waals surface area contributed by atoms with Crippen molar-refractivity contribution in [3.05, 3.63) is 29.8 Å². The SMILES string of the molecule is Cc1cccc(OCCNCC(O)COC(C)C)c1. The third kappa shape index (κ3) is 7.82. The molecule has 0 aliphatic rings. The van der Waals surface area contributed by atoms with Crippen molar-refractivity contribution in [3.63, 3.8) is 0 Å². The van der Waals surface area contributed by atoms with E-state index in [4.69, 9.17) is 9.47 Å². The van der Waals surface area contributed by atoms with E-state index in [1.807, 2.05) is 45.0 Å². The molecule has 0 fully saturated rings. The summed E-state index contributed by atoms with van der Waals surface area (Å²) < 4.78 is 10.9. The van der Waals surface area contributed by atoms with E-state index in [1.165, 1.54) is 5.56 Å². The quantitative estimate of drug-likeness (QED) is 0.669. The lowest BCUT2D eigenvalue weighted by Gasteiger charge is -2.14. The molecule has 0 spiro atoms. The van der Waals surface area contributed by atoms with Crippen LogP contribution in [0.4, 0.5) is 0 Å². The first-order valence-electron chi connectivity index (χ1n) is 6.78. The van der Waals surface area contributed by atoms with Crippen LogP contribution in [0.1, 0.15) is 19.4 Å². The monoisotopic (exact) mass is 267 g/mol. The lowest BCUT2D eigenvalue weighted by molar-refractivity contribution is 0.00625. The minimum atomic E-state index is -0.471. The Labute approximate surface area is 115 Å². The van der Waals surface area contributed by atoms with Gasteiger partial charge in [0.1, 0.15) is 12.4 Å². The van der Waals surface area contributed by atoms with E-state index in [0.29, 0.717) is 26.3 Å². The summed E-state index contributed by atoms with van der Waals surface area (Å²) >= 11 is 0. The van der Waals surface area contributed by atoms with Gasteiger partial charge in [-0.05, 0) is 38.5 Å². The Morgan fingerprint density at radius 2 is 2.11 bits per heavy atom. The zero-order valence-corrected chi connectivity index (χ0v) is 12.1. The van der Waals surface area contributed by atoms with Gasteiger partial charge in [0.25, 0.3) is 0 Å². The number of ether oxygens (including phenoxy) is 2. The maximum Gasteiger partial charge on any atom is 0.119 e. The van der Waals surface area contributed by atoms with Crippen molar-refractivity contribution in [1.29, 1.82) is 0 Å². The molecular formula is C15H25NO3. The Morgan fingerprint density at radius 1 is 1.32 bits per heavy atom. The maximum absolute atomic E-state index is 9.62. The Balaban J connectivity index is 2.05. The van der Waals surface area contributed by atoms with Gasteiger partial charge in [0.2, 0.25) is 0 Å². The number of nitrogens with one attached hydrogen (secondary N) is 1. The molecule has 108 valence electrons. The molecule has 0 heterocycles. The number of benzene rings is 1. The van der Waals surface area contributed by atoms with E-state index in [9.17, 15) is 5.11 Å². The molecule has 1 aromatic carbocycles. The number of aliphatic hydroxyl groups excluding tert-OH is 1. The molecule has 1 atom stereocenters. The van der Waals surface area contributed by atoms with Gasteiger partial charge in [-0.1, -0.05) is 12.1 Å². The number of hydrogen-bond acceptors (Lipinski definition) is 4. The summed E-state index contributed by atoms with van der Waals surface area (Å²) in [6.45, 7) is 8.11. The van der Waals surface area contributed by atoms with E-state index in [0.717, 1.165) is 5.75 Å². The summed E-state index contributed by atoms with van der Waals surface area (Å²) in [6.07, 6.45) is -0.319. The van der Waals surface area contributed by atoms with Crippen molar-refractivity contribution in [2.75, 3.05) is 26.3 Å². The second-order valence-electron chi connectivity index (χ2n) is 4.91. The first-order chi connectivity index (χ1) is 9.08. The molecule has 0 aliphatic carbocycles. The topological polar surface area (TPSA) is 50.7 Å². The standard InChI is InChI=1S/C15H25NO3/c1-12(2)19-11-14(17)10-16-7-8-18-15-6-4-5-13(3)9-15/h4-6,9,12,14,16-17H,7-8,10-11H2,1-3H3. The predicted octanol–water partition coefficient (Wildman–Crippen LogP) is 1.75. The largest absolute Gasteiger partial charge is 0.492 e. The highest BCUT2D eigenvalue weighted by molar-refractivity contribution is 5.27. The molecule has 2 N–H and O–H groups in total. The molecule has 1 rings (SSSR count). The van der Waals surface area contributed by atoms with Crippen LogP contribution in [0.3, 0.4) is 0 Å². The van der Waals surface area contributed by atoms with Crippen molar-refractivity contribution >= 4 is 0 Å². The minimum absolute atomic E-state index is 0.152. The molecule has 4 heteroatoms. The summed E-state index contributed by atoms with van der Waals surface area (Å²) in [5, 5.41) is 12.8. The fourth-order valence-electron chi connectivity index (χ4n) is 1.58. The van der Waals surface area contributed by atoms with E-state index >= 15 is 0 Å². The first-order valence-corrected chi connectivity index (χ1v) is 6.78. The predicted molar refractivity (Wildman–Crippen MR) is 76.6 cm³/mol. The zero-order valence-electron chi connectivity index (χ0n) is 12.1. The lowest BCUT2D eigenvalue weighted by Crippen LogP contribution is -2.33. The fourth-order valence-corrected chi connectivity index (χ4v) is 1.58. The summed E-state index contributed by atoms with van der Waals surface area (Å²) in [5.41, 5.74) is 1.19. The Hall–Kier alpha value is -1.10. The second kappa shape index (κ2) is 8.91. The van der Waals surface area contributed by atoms with Gasteiger partial charge in [0, 0.05) is 13.1 Å². The van der Waals surface area contributed by atoms with Gasteiger partial charge < -0.3 is 19.9 Å². The highest BCUT2D eigenvalue weighted by Gasteiger charge is 2.04. The molecule has 0 aliphatic heterocycles. The number of rotatable bonds is 9. The van der Waals surface area contributed by atoms with Crippen LogP contribution in [0.15, 0.2) is 24.3 Å². The van der Waals surface area contributed by atoms with Crippen LogP contribution in [-0.2, 0) is 4.74 Å². The van der Waals surface area contributed by atoms with Gasteiger partial charge in [-0.15, -0.1) is 0 Å². The summed E-state index contributed by atoms with van der Waals surface area (Å²) in [5.74, 6) is 0.880. The fraction of sp³-hybridized carbons (Fsp3) is 0.600. The zero-order chi connectivity index (χ0) is 14.1. The van der Waals surface area contributed by atoms with Crippen molar-refractivity contribution in [1.82, 2.24) is 5.32 Å². The van der Waals surface area contributed by atoms with Crippen molar-refractivity contribution in [2.24, 2.45) is 0 Å². The van der Waals surface area contributed by atoms with Crippen molar-refractivity contribution < 1.29 is 14.6 Å². The summed E-state index contributed by atoms with van der Waals surface area (Å²) in [7, 11) is 0. The molecule has 0 amide bonds. The Morgan fingerprint density at radius 3 is 2.79 bits per heavy atom. The number of aryl methyl sites for hydroxylation is 1. The van der Waals surface area contributed by atoms with Gasteiger partial charge in [-0.2, -0.15) is 0 Å². The highest BCUT2D eigenvalue weighted by atomic mass is 16.5. The maximum atomic E-state index is 9.62. The molecule has 1 unspecified atom stereocenters. The third-order valence-corrected chi connectivity index (χ3v) is 2.54. The van der Waals surface area contributed by atoms with Crippen LogP contribution < -0.4 is 10.1 Å². The van der Waals surface area contributed by atoms with E-state index in [2.05, 4.69) is 5.32 Å². The normalized spacial score (nSPS) is 12.7. The van der Waals surface area contributed by atoms with Crippen LogP contribution in [0, 0.1) is 6.92 Å². The minimum Gasteiger partial charge on any atom is -0.492 e. The Kier molecular flexibility index (Phi) is 7.48. The average molecular weight is 267 g/mol. The molecule has 1 aromatic rings. The van der Waals surface area contributed by atoms with Crippen LogP contribution in [0.5, 0.6) is 5.75 Å². The van der Waals surface area contributed by atoms with E-state index in [1.54, 1.807) is 0 Å². The molecule has 0 bridgehead atoms. The molecule has 19 heavy (non-hydrogen) atoms. The number of aliphatic hydroxyl groups is 1. The smallest absolute Gasteiger partial charge is 0.119 e. The first kappa shape index (κ1) is 16.0. The Bertz CT molecular complexity index is 355. The van der Waals surface area contributed by atoms with Crippen LogP contribution in [-0.4, -0.2) is 43.6 Å². The van der Waals surface area contributed by atoms with E-state index in [-0.39, 0.29) is 6.10 Å². The van der Waals surface area contributed by atoms with Crippen LogP contribution >= 0.6 is 0 Å². The van der Waals surface area contributed by atoms with E-state index < -0.39 is 6.10 Å². The van der Waals surface area contributed by atoms with Gasteiger partial charge in [-0.3, -0.25) is 0 Å². The third-order valence-electron chi connectivity index (χ3n) is 2.54. The van der Waals surface area contributed by atoms with Crippen LogP contribution in [0.2, 0.25) is 0 Å². The second-order valence-corrected chi connectivity index (χ2v) is 4.91. The lowest BCUT2D eigenvalue weighted by atomic mass is 10.2. The summed E-state index contributed by atoms with van der Waals surface area (Å²) in [4.78, 5) is 0. The average Bonchev–Trinajstić information content (AvgIpc) is 2.36. The van der Waals surface area contributed by atoms with Gasteiger partial charge in [0.15, 0.2) is 0 Å². The summed E-state index contributed by atoms with van der Waals surface area (Å²) in [6, 6.07) is 7.96. The molecule has 4 nitrogen and oxygen atoms in total. The molecule has 0 aromatic heterocycles.